The van der Waals surface area contributed by atoms with Gasteiger partial charge < -0.3 is 15.2 Å². The molecule has 0 saturated carbocycles. The molecule has 0 fully saturated rings. The monoisotopic (exact) mass is 469 g/mol. The average Bonchev–Trinajstić information content (AvgIpc) is 3.27. The van der Waals surface area contributed by atoms with Gasteiger partial charge in [-0.15, -0.1) is 5.10 Å². The van der Waals surface area contributed by atoms with Gasteiger partial charge in [-0.2, -0.15) is 4.68 Å². The van der Waals surface area contributed by atoms with E-state index in [4.69, 9.17) is 20.6 Å². The first-order valence-corrected chi connectivity index (χ1v) is 11.0. The highest BCUT2D eigenvalue weighted by Crippen LogP contribution is 2.31. The first-order chi connectivity index (χ1) is 16.9. The van der Waals surface area contributed by atoms with E-state index in [1.165, 1.54) is 4.68 Å². The van der Waals surface area contributed by atoms with Crippen LogP contribution in [0.3, 0.4) is 0 Å². The summed E-state index contributed by atoms with van der Waals surface area (Å²) in [7, 11) is 3.17. The van der Waals surface area contributed by atoms with Gasteiger partial charge in [0.2, 0.25) is 0 Å². The van der Waals surface area contributed by atoms with Gasteiger partial charge in [0, 0.05) is 17.0 Å². The van der Waals surface area contributed by atoms with Gasteiger partial charge in [0.25, 0.3) is 0 Å². The lowest BCUT2D eigenvalue weighted by atomic mass is 9.89. The van der Waals surface area contributed by atoms with E-state index in [0.29, 0.717) is 35.0 Å². The largest absolute Gasteiger partial charge is 0.496 e. The third kappa shape index (κ3) is 4.86. The number of rotatable bonds is 9. The molecule has 4 N–H and O–H groups in total. The van der Waals surface area contributed by atoms with Gasteiger partial charge in [-0.05, 0) is 41.8 Å². The van der Waals surface area contributed by atoms with E-state index in [0.717, 1.165) is 16.7 Å². The number of nitrogens with two attached hydrogens (primary N) is 1. The third-order valence-corrected chi connectivity index (χ3v) is 5.86. The number of para-hydroxylation sites is 2. The van der Waals surface area contributed by atoms with Crippen molar-refractivity contribution in [2.75, 3.05) is 14.2 Å². The predicted octanol–water partition coefficient (Wildman–Crippen LogP) is 3.88. The number of ether oxygens (including phenoxy) is 2. The second-order valence-electron chi connectivity index (χ2n) is 7.97. The lowest BCUT2D eigenvalue weighted by Gasteiger charge is -2.17. The molecule has 1 heterocycles. The molecule has 8 nitrogen and oxygen atoms in total. The molecule has 35 heavy (non-hydrogen) atoms. The van der Waals surface area contributed by atoms with Gasteiger partial charge in [0.05, 0.1) is 14.2 Å². The highest BCUT2D eigenvalue weighted by Gasteiger charge is 2.22. The van der Waals surface area contributed by atoms with Crippen molar-refractivity contribution >= 4 is 11.9 Å². The van der Waals surface area contributed by atoms with Gasteiger partial charge in [-0.25, -0.2) is 4.79 Å². The van der Waals surface area contributed by atoms with Gasteiger partial charge in [0.1, 0.15) is 28.8 Å². The van der Waals surface area contributed by atoms with Crippen LogP contribution < -0.4 is 20.9 Å². The van der Waals surface area contributed by atoms with Crippen LogP contribution in [0.2, 0.25) is 0 Å². The lowest BCUT2D eigenvalue weighted by molar-refractivity contribution is 0.411. The molecule has 0 aliphatic carbocycles. The van der Waals surface area contributed by atoms with Crippen LogP contribution in [-0.4, -0.2) is 34.8 Å². The smallest absolute Gasteiger partial charge is 0.348 e. The maximum Gasteiger partial charge on any atom is 0.348 e. The number of H-pyrrole nitrogens is 1. The maximum absolute atomic E-state index is 13.0. The van der Waals surface area contributed by atoms with Crippen molar-refractivity contribution < 1.29 is 9.47 Å². The Labute approximate surface area is 203 Å². The normalized spacial score (nSPS) is 11.6. The van der Waals surface area contributed by atoms with Crippen molar-refractivity contribution in [3.8, 4) is 17.2 Å². The van der Waals surface area contributed by atoms with Crippen molar-refractivity contribution in [2.45, 2.75) is 12.3 Å². The Morgan fingerprint density at radius 1 is 1.11 bits per heavy atom. The van der Waals surface area contributed by atoms with Gasteiger partial charge >= 0.3 is 5.69 Å². The van der Waals surface area contributed by atoms with Crippen molar-refractivity contribution in [1.29, 1.82) is 5.41 Å². The number of aromatic nitrogens is 3. The second-order valence-corrected chi connectivity index (χ2v) is 7.97. The molecule has 0 aliphatic heterocycles. The number of amidine groups is 1. The van der Waals surface area contributed by atoms with Crippen LogP contribution in [-0.2, 0) is 6.42 Å². The number of hydrogen-bond donors (Lipinski definition) is 3. The number of aromatic amines is 1. The van der Waals surface area contributed by atoms with Crippen molar-refractivity contribution in [3.05, 3.63) is 112 Å². The van der Waals surface area contributed by atoms with Crippen LogP contribution in [0, 0.1) is 5.41 Å². The molecule has 4 aromatic rings. The molecule has 0 aliphatic rings. The minimum Gasteiger partial charge on any atom is -0.496 e. The lowest BCUT2D eigenvalue weighted by Crippen LogP contribution is -2.16. The Bertz CT molecular complexity index is 1420. The molecule has 1 unspecified atom stereocenters. The summed E-state index contributed by atoms with van der Waals surface area (Å²) in [6.07, 6.45) is 2.29. The summed E-state index contributed by atoms with van der Waals surface area (Å²) in [5, 5.41) is 12.3. The summed E-state index contributed by atoms with van der Waals surface area (Å²) in [6, 6.07) is 20.5. The number of nitrogens with zero attached hydrogens (tertiary/aromatic N) is 2. The molecular formula is C27H27N5O3. The van der Waals surface area contributed by atoms with E-state index >= 15 is 0 Å². The summed E-state index contributed by atoms with van der Waals surface area (Å²) >= 11 is 0. The van der Waals surface area contributed by atoms with E-state index in [-0.39, 0.29) is 17.4 Å². The molecule has 4 rings (SSSR count). The Morgan fingerprint density at radius 3 is 2.49 bits per heavy atom. The fourth-order valence-electron chi connectivity index (χ4n) is 4.02. The Kier molecular flexibility index (Phi) is 6.82. The molecule has 1 atom stereocenters. The molecule has 8 heteroatoms. The molecule has 0 saturated heterocycles. The topological polar surface area (TPSA) is 119 Å². The van der Waals surface area contributed by atoms with Crippen LogP contribution >= 0.6 is 0 Å². The number of nitrogen functional groups attached to an aromatic ring is 1. The number of methoxy groups -OCH3 is 2. The van der Waals surface area contributed by atoms with Gasteiger partial charge in [-0.1, -0.05) is 55.1 Å². The van der Waals surface area contributed by atoms with Crippen LogP contribution in [0.15, 0.2) is 78.1 Å². The molecule has 0 spiro atoms. The molecule has 178 valence electrons. The number of nitrogens with one attached hydrogen (secondary N) is 2. The predicted molar refractivity (Wildman–Crippen MR) is 137 cm³/mol. The van der Waals surface area contributed by atoms with E-state index in [1.807, 2.05) is 54.6 Å². The fraction of sp³-hybridized carbons (Fsp3) is 0.148. The average molecular weight is 470 g/mol. The zero-order valence-electron chi connectivity index (χ0n) is 19.6. The Hall–Kier alpha value is -4.59. The number of benzene rings is 3. The zero-order chi connectivity index (χ0) is 24.9. The Morgan fingerprint density at radius 2 is 1.83 bits per heavy atom. The SMILES string of the molecule is C=Cc1cc(C(Cc2ccc(C(=N)N)cc2)c2nn(-c3ccccc3OC)c(=O)[nH]2)ccc1OC. The molecule has 0 radical (unpaired) electrons. The summed E-state index contributed by atoms with van der Waals surface area (Å²) in [6.45, 7) is 3.90. The molecule has 3 aromatic carbocycles. The van der Waals surface area contributed by atoms with Gasteiger partial charge in [0.15, 0.2) is 0 Å². The van der Waals surface area contributed by atoms with E-state index in [1.54, 1.807) is 32.4 Å². The maximum atomic E-state index is 13.0. The second kappa shape index (κ2) is 10.1. The summed E-state index contributed by atoms with van der Waals surface area (Å²) in [5.41, 5.74) is 9.23. The highest BCUT2D eigenvalue weighted by atomic mass is 16.5. The Balaban J connectivity index is 1.81. The molecule has 1 aromatic heterocycles. The van der Waals surface area contributed by atoms with Crippen molar-refractivity contribution in [3.63, 3.8) is 0 Å². The summed E-state index contributed by atoms with van der Waals surface area (Å²) < 4.78 is 12.2. The van der Waals surface area contributed by atoms with E-state index < -0.39 is 0 Å². The van der Waals surface area contributed by atoms with E-state index in [9.17, 15) is 4.79 Å². The third-order valence-electron chi connectivity index (χ3n) is 5.86. The molecule has 0 amide bonds. The standard InChI is InChI=1S/C27H27N5O3/c1-4-18-16-20(13-14-23(18)34-2)21(15-17-9-11-19(12-10-17)25(28)29)26-30-27(33)32(31-26)22-7-5-6-8-24(22)35-3/h4-14,16,21H,1,15H2,2-3H3,(H3,28,29)(H,30,31,33). The first kappa shape index (κ1) is 23.6. The highest BCUT2D eigenvalue weighted by molar-refractivity contribution is 5.94. The van der Waals surface area contributed by atoms with Gasteiger partial charge in [-0.3, -0.25) is 10.4 Å². The number of hydrogen-bond acceptors (Lipinski definition) is 5. The van der Waals surface area contributed by atoms with Crippen molar-refractivity contribution in [1.82, 2.24) is 14.8 Å². The minimum atomic E-state index is -0.362. The summed E-state index contributed by atoms with van der Waals surface area (Å²) in [5.74, 6) is 1.51. The zero-order valence-corrected chi connectivity index (χ0v) is 19.6. The van der Waals surface area contributed by atoms with Crippen LogP contribution in [0.4, 0.5) is 0 Å². The summed E-state index contributed by atoms with van der Waals surface area (Å²) in [4.78, 5) is 15.9. The quantitative estimate of drug-likeness (QED) is 0.254. The van der Waals surface area contributed by atoms with Crippen LogP contribution in [0.5, 0.6) is 11.5 Å². The minimum absolute atomic E-state index is 0.0127. The van der Waals surface area contributed by atoms with Crippen molar-refractivity contribution in [2.24, 2.45) is 5.73 Å². The fourth-order valence-corrected chi connectivity index (χ4v) is 4.02. The molecule has 0 bridgehead atoms. The first-order valence-electron chi connectivity index (χ1n) is 11.0. The van der Waals surface area contributed by atoms with Crippen LogP contribution in [0.25, 0.3) is 11.8 Å². The van der Waals surface area contributed by atoms with Crippen LogP contribution in [0.1, 0.15) is 34.0 Å². The van der Waals surface area contributed by atoms with E-state index in [2.05, 4.69) is 16.7 Å². The molecular weight excluding hydrogens is 442 g/mol.